The van der Waals surface area contributed by atoms with Crippen molar-refractivity contribution in [3.63, 3.8) is 0 Å². The highest BCUT2D eigenvalue weighted by Gasteiger charge is 2.32. The van der Waals surface area contributed by atoms with E-state index < -0.39 is 0 Å². The van der Waals surface area contributed by atoms with E-state index in [9.17, 15) is 14.4 Å². The first-order valence-corrected chi connectivity index (χ1v) is 10.8. The third-order valence-corrected chi connectivity index (χ3v) is 5.63. The molecule has 1 N–H and O–H groups in total. The minimum Gasteiger partial charge on any atom is -0.465 e. The van der Waals surface area contributed by atoms with Crippen LogP contribution in [0.5, 0.6) is 0 Å². The van der Waals surface area contributed by atoms with Gasteiger partial charge in [-0.05, 0) is 37.3 Å². The van der Waals surface area contributed by atoms with E-state index in [0.29, 0.717) is 34.5 Å². The quantitative estimate of drug-likeness (QED) is 0.599. The molecule has 0 aromatic heterocycles. The van der Waals surface area contributed by atoms with Crippen molar-refractivity contribution >= 4 is 28.9 Å². The van der Waals surface area contributed by atoms with Crippen molar-refractivity contribution in [1.29, 1.82) is 0 Å². The van der Waals surface area contributed by atoms with Gasteiger partial charge in [0.25, 0.3) is 0 Å². The van der Waals surface area contributed by atoms with Crippen molar-refractivity contribution in [1.82, 2.24) is 0 Å². The second-order valence-corrected chi connectivity index (χ2v) is 8.86. The van der Waals surface area contributed by atoms with E-state index in [4.69, 9.17) is 4.74 Å². The second kappa shape index (κ2) is 8.54. The molecule has 32 heavy (non-hydrogen) atoms. The average Bonchev–Trinajstić information content (AvgIpc) is 2.75. The molecular formula is C26H26N2O4. The Hall–Kier alpha value is -3.54. The molecule has 0 saturated heterocycles. The number of allylic oxidation sites excluding steroid dienone is 2. The maximum Gasteiger partial charge on any atom is 0.327 e. The standard InChI is InChI=1S/C26H26N2O4/c1-4-32-22(29)15-27-16-12-17(14-26(2,3)13-16)28-21-11-7-10-20-23(21)25(31)19-9-6-5-8-18(19)24(20)30/h5-12,28H,4,13-15H2,1-3H3. The number of carbonyl (C=O) groups is 3. The van der Waals surface area contributed by atoms with E-state index in [1.807, 2.05) is 12.1 Å². The summed E-state index contributed by atoms with van der Waals surface area (Å²) in [5.74, 6) is -0.662. The van der Waals surface area contributed by atoms with Crippen LogP contribution in [0.2, 0.25) is 0 Å². The van der Waals surface area contributed by atoms with Crippen molar-refractivity contribution in [2.24, 2.45) is 10.4 Å². The Morgan fingerprint density at radius 2 is 1.69 bits per heavy atom. The number of esters is 1. The van der Waals surface area contributed by atoms with Crippen LogP contribution in [0.3, 0.4) is 0 Å². The summed E-state index contributed by atoms with van der Waals surface area (Å²) in [5.41, 5.74) is 3.87. The summed E-state index contributed by atoms with van der Waals surface area (Å²) in [4.78, 5) is 42.4. The molecule has 0 aliphatic heterocycles. The Bertz CT molecular complexity index is 1170. The number of anilines is 1. The van der Waals surface area contributed by atoms with Crippen LogP contribution in [0.1, 0.15) is 65.5 Å². The van der Waals surface area contributed by atoms with Gasteiger partial charge in [0.05, 0.1) is 17.9 Å². The predicted molar refractivity (Wildman–Crippen MR) is 123 cm³/mol. The zero-order chi connectivity index (χ0) is 22.9. The summed E-state index contributed by atoms with van der Waals surface area (Å²) >= 11 is 0. The highest BCUT2D eigenvalue weighted by Crippen LogP contribution is 2.37. The van der Waals surface area contributed by atoms with Gasteiger partial charge in [-0.1, -0.05) is 50.2 Å². The fraction of sp³-hybridized carbons (Fsp3) is 0.308. The third kappa shape index (κ3) is 4.26. The maximum absolute atomic E-state index is 13.3. The Morgan fingerprint density at radius 1 is 1.00 bits per heavy atom. The zero-order valence-electron chi connectivity index (χ0n) is 18.5. The number of ether oxygens (including phenoxy) is 1. The van der Waals surface area contributed by atoms with E-state index in [1.54, 1.807) is 43.3 Å². The summed E-state index contributed by atoms with van der Waals surface area (Å²) in [6.07, 6.45) is 3.40. The highest BCUT2D eigenvalue weighted by molar-refractivity contribution is 6.30. The fourth-order valence-corrected chi connectivity index (χ4v) is 4.35. The zero-order valence-corrected chi connectivity index (χ0v) is 18.5. The van der Waals surface area contributed by atoms with Crippen molar-refractivity contribution < 1.29 is 19.1 Å². The first-order valence-electron chi connectivity index (χ1n) is 10.8. The molecule has 0 saturated carbocycles. The van der Waals surface area contributed by atoms with Gasteiger partial charge >= 0.3 is 5.97 Å². The Labute approximate surface area is 187 Å². The van der Waals surface area contributed by atoms with Gasteiger partial charge < -0.3 is 10.1 Å². The van der Waals surface area contributed by atoms with Crippen molar-refractivity contribution in [3.05, 3.63) is 76.5 Å². The van der Waals surface area contributed by atoms with Gasteiger partial charge in [0.1, 0.15) is 6.54 Å². The molecule has 6 heteroatoms. The molecule has 2 aromatic rings. The smallest absolute Gasteiger partial charge is 0.327 e. The lowest BCUT2D eigenvalue weighted by Gasteiger charge is -2.31. The monoisotopic (exact) mass is 430 g/mol. The Balaban J connectivity index is 1.67. The lowest BCUT2D eigenvalue weighted by molar-refractivity contribution is -0.141. The number of carbonyl (C=O) groups excluding carboxylic acids is 3. The van der Waals surface area contributed by atoms with Crippen molar-refractivity contribution in [3.8, 4) is 0 Å². The predicted octanol–water partition coefficient (Wildman–Crippen LogP) is 4.58. The molecule has 0 unspecified atom stereocenters. The molecule has 2 aromatic carbocycles. The van der Waals surface area contributed by atoms with E-state index in [-0.39, 0.29) is 29.5 Å². The molecule has 0 fully saturated rings. The largest absolute Gasteiger partial charge is 0.465 e. The number of hydrogen-bond acceptors (Lipinski definition) is 6. The van der Waals surface area contributed by atoms with Crippen LogP contribution in [0.4, 0.5) is 5.69 Å². The van der Waals surface area contributed by atoms with Gasteiger partial charge in [0.2, 0.25) is 0 Å². The summed E-state index contributed by atoms with van der Waals surface area (Å²) in [7, 11) is 0. The molecule has 0 atom stereocenters. The topological polar surface area (TPSA) is 84.8 Å². The van der Waals surface area contributed by atoms with Crippen LogP contribution in [-0.4, -0.2) is 36.4 Å². The first kappa shape index (κ1) is 21.7. The number of nitrogens with one attached hydrogen (secondary N) is 1. The van der Waals surface area contributed by atoms with E-state index in [2.05, 4.69) is 24.2 Å². The third-order valence-electron chi connectivity index (χ3n) is 5.63. The van der Waals surface area contributed by atoms with Crippen LogP contribution in [-0.2, 0) is 9.53 Å². The van der Waals surface area contributed by atoms with Crippen molar-refractivity contribution in [2.45, 2.75) is 33.6 Å². The molecule has 0 amide bonds. The number of aliphatic imine (C=N–C) groups is 1. The van der Waals surface area contributed by atoms with E-state index >= 15 is 0 Å². The SMILES string of the molecule is CCOC(=O)CN=C1C=C(Nc2cccc3c2C(=O)c2ccccc2C3=O)CC(C)(C)C1. The number of fused-ring (bicyclic) bond motifs is 2. The van der Waals surface area contributed by atoms with Crippen molar-refractivity contribution in [2.75, 3.05) is 18.5 Å². The van der Waals surface area contributed by atoms with Crippen LogP contribution < -0.4 is 5.32 Å². The molecule has 0 radical (unpaired) electrons. The van der Waals surface area contributed by atoms with Gasteiger partial charge in [-0.25, -0.2) is 0 Å². The van der Waals surface area contributed by atoms with Gasteiger partial charge in [-0.2, -0.15) is 0 Å². The second-order valence-electron chi connectivity index (χ2n) is 8.86. The molecule has 0 spiro atoms. The number of benzene rings is 2. The Kier molecular flexibility index (Phi) is 5.78. The minimum absolute atomic E-state index is 0.0203. The van der Waals surface area contributed by atoms with Gasteiger partial charge in [0, 0.05) is 28.1 Å². The lowest BCUT2D eigenvalue weighted by Crippen LogP contribution is -2.27. The van der Waals surface area contributed by atoms with Crippen LogP contribution in [0.15, 0.2) is 59.2 Å². The van der Waals surface area contributed by atoms with Gasteiger partial charge in [-0.15, -0.1) is 0 Å². The molecule has 6 nitrogen and oxygen atoms in total. The van der Waals surface area contributed by atoms with Crippen LogP contribution >= 0.6 is 0 Å². The Morgan fingerprint density at radius 3 is 2.41 bits per heavy atom. The number of rotatable bonds is 5. The molecule has 2 aliphatic rings. The molecule has 4 rings (SSSR count). The molecule has 2 aliphatic carbocycles. The van der Waals surface area contributed by atoms with E-state index in [0.717, 1.165) is 24.3 Å². The average molecular weight is 431 g/mol. The number of ketones is 2. The molecule has 0 heterocycles. The minimum atomic E-state index is -0.355. The van der Waals surface area contributed by atoms with Crippen LogP contribution in [0, 0.1) is 5.41 Å². The fourth-order valence-electron chi connectivity index (χ4n) is 4.35. The summed E-state index contributed by atoms with van der Waals surface area (Å²) in [5, 5.41) is 3.38. The molecule has 164 valence electrons. The summed E-state index contributed by atoms with van der Waals surface area (Å²) in [6, 6.07) is 12.2. The van der Waals surface area contributed by atoms with E-state index in [1.165, 1.54) is 0 Å². The lowest BCUT2D eigenvalue weighted by atomic mass is 9.78. The van der Waals surface area contributed by atoms with Gasteiger partial charge in [0.15, 0.2) is 11.6 Å². The van der Waals surface area contributed by atoms with Crippen LogP contribution in [0.25, 0.3) is 0 Å². The maximum atomic E-state index is 13.3. The summed E-state index contributed by atoms with van der Waals surface area (Å²) < 4.78 is 4.97. The highest BCUT2D eigenvalue weighted by atomic mass is 16.5. The first-order chi connectivity index (χ1) is 15.3. The number of nitrogens with zero attached hydrogens (tertiary/aromatic N) is 1. The summed E-state index contributed by atoms with van der Waals surface area (Å²) in [6.45, 7) is 6.34. The molecule has 0 bridgehead atoms. The molecular weight excluding hydrogens is 404 g/mol. The van der Waals surface area contributed by atoms with Gasteiger partial charge in [-0.3, -0.25) is 19.4 Å². The number of hydrogen-bond donors (Lipinski definition) is 1. The normalized spacial score (nSPS) is 18.0.